The van der Waals surface area contributed by atoms with Gasteiger partial charge in [-0.3, -0.25) is 0 Å². The molecule has 1 aromatic heterocycles. The normalized spacial score (nSPS) is 11.9. The lowest BCUT2D eigenvalue weighted by Crippen LogP contribution is -2.24. The lowest BCUT2D eigenvalue weighted by atomic mass is 10.2. The van der Waals surface area contributed by atoms with Crippen molar-refractivity contribution in [2.45, 2.75) is 32.1 Å². The fraction of sp³-hybridized carbons (Fsp3) is 0.357. The summed E-state index contributed by atoms with van der Waals surface area (Å²) in [6.07, 6.45) is 0. The maximum atomic E-state index is 12.0. The Morgan fingerprint density at radius 3 is 2.55 bits per heavy atom. The van der Waals surface area contributed by atoms with Crippen LogP contribution < -0.4 is 4.72 Å². The molecule has 0 radical (unpaired) electrons. The molecule has 6 heteroatoms. The molecule has 0 spiro atoms. The fourth-order valence-corrected chi connectivity index (χ4v) is 3.63. The molecule has 2 aromatic rings. The van der Waals surface area contributed by atoms with E-state index in [0.717, 1.165) is 16.3 Å². The van der Waals surface area contributed by atoms with E-state index in [-0.39, 0.29) is 12.3 Å². The smallest absolute Gasteiger partial charge is 0.216 e. The zero-order valence-electron chi connectivity index (χ0n) is 11.5. The maximum absolute atomic E-state index is 12.0. The van der Waals surface area contributed by atoms with Crippen molar-refractivity contribution in [1.82, 2.24) is 9.71 Å². The number of rotatable bonds is 6. The van der Waals surface area contributed by atoms with E-state index in [2.05, 4.69) is 23.6 Å². The van der Waals surface area contributed by atoms with Gasteiger partial charge in [-0.05, 0) is 5.56 Å². The van der Waals surface area contributed by atoms with Crippen LogP contribution in [-0.2, 0) is 22.3 Å². The van der Waals surface area contributed by atoms with Crippen molar-refractivity contribution >= 4 is 21.4 Å². The third-order valence-corrected chi connectivity index (χ3v) is 5.23. The number of aromatic nitrogens is 1. The molecular weight excluding hydrogens is 292 g/mol. The Bertz CT molecular complexity index is 649. The highest BCUT2D eigenvalue weighted by atomic mass is 32.2. The Morgan fingerprint density at radius 2 is 1.95 bits per heavy atom. The minimum absolute atomic E-state index is 0.00495. The van der Waals surface area contributed by atoms with E-state index in [1.165, 1.54) is 0 Å². The molecule has 0 saturated heterocycles. The molecule has 2 rings (SSSR count). The van der Waals surface area contributed by atoms with E-state index < -0.39 is 10.0 Å². The first-order valence-corrected chi connectivity index (χ1v) is 8.95. The summed E-state index contributed by atoms with van der Waals surface area (Å²) >= 11 is 1.57. The highest BCUT2D eigenvalue weighted by Crippen LogP contribution is 2.19. The Hall–Kier alpha value is -1.24. The van der Waals surface area contributed by atoms with Crippen molar-refractivity contribution < 1.29 is 8.42 Å². The van der Waals surface area contributed by atoms with Crippen LogP contribution in [0.4, 0.5) is 0 Å². The van der Waals surface area contributed by atoms with Gasteiger partial charge in [0.15, 0.2) is 0 Å². The van der Waals surface area contributed by atoms with Crippen LogP contribution in [0.15, 0.2) is 35.7 Å². The van der Waals surface area contributed by atoms with E-state index in [4.69, 9.17) is 0 Å². The summed E-state index contributed by atoms with van der Waals surface area (Å²) in [7, 11) is -3.33. The number of sulfonamides is 1. The predicted octanol–water partition coefficient (Wildman–Crippen LogP) is 2.89. The summed E-state index contributed by atoms with van der Waals surface area (Å²) in [5.74, 6) is 0.365. The maximum Gasteiger partial charge on any atom is 0.216 e. The van der Waals surface area contributed by atoms with E-state index in [0.29, 0.717) is 5.92 Å². The average molecular weight is 310 g/mol. The number of hydrogen-bond donors (Lipinski definition) is 1. The van der Waals surface area contributed by atoms with Gasteiger partial charge in [0.05, 0.1) is 23.0 Å². The Labute approximate surface area is 123 Å². The monoisotopic (exact) mass is 310 g/mol. The van der Waals surface area contributed by atoms with Crippen molar-refractivity contribution in [1.29, 1.82) is 0 Å². The van der Waals surface area contributed by atoms with E-state index in [9.17, 15) is 8.42 Å². The van der Waals surface area contributed by atoms with Crippen LogP contribution in [0.5, 0.6) is 0 Å². The fourth-order valence-electron chi connectivity index (χ4n) is 1.70. The molecule has 1 aromatic carbocycles. The lowest BCUT2D eigenvalue weighted by Gasteiger charge is -2.05. The highest BCUT2D eigenvalue weighted by Gasteiger charge is 2.12. The second kappa shape index (κ2) is 6.47. The van der Waals surface area contributed by atoms with Gasteiger partial charge in [-0.2, -0.15) is 0 Å². The van der Waals surface area contributed by atoms with Crippen molar-refractivity contribution in [2.24, 2.45) is 0 Å². The van der Waals surface area contributed by atoms with Crippen molar-refractivity contribution in [3.05, 3.63) is 52.0 Å². The first kappa shape index (κ1) is 15.2. The van der Waals surface area contributed by atoms with Crippen LogP contribution in [0.25, 0.3) is 0 Å². The van der Waals surface area contributed by atoms with Gasteiger partial charge in [0.2, 0.25) is 10.0 Å². The molecule has 20 heavy (non-hydrogen) atoms. The molecule has 0 aliphatic heterocycles. The van der Waals surface area contributed by atoms with Gasteiger partial charge in [0.1, 0.15) is 0 Å². The highest BCUT2D eigenvalue weighted by molar-refractivity contribution is 7.88. The van der Waals surface area contributed by atoms with Crippen LogP contribution in [0.1, 0.15) is 36.0 Å². The second-order valence-corrected chi connectivity index (χ2v) is 7.59. The summed E-state index contributed by atoms with van der Waals surface area (Å²) in [5, 5.41) is 2.93. The summed E-state index contributed by atoms with van der Waals surface area (Å²) in [4.78, 5) is 4.41. The summed E-state index contributed by atoms with van der Waals surface area (Å²) in [5.41, 5.74) is 1.55. The predicted molar refractivity (Wildman–Crippen MR) is 82.1 cm³/mol. The van der Waals surface area contributed by atoms with Crippen LogP contribution in [0.3, 0.4) is 0 Å². The first-order chi connectivity index (χ1) is 9.46. The van der Waals surface area contributed by atoms with E-state index in [1.807, 2.05) is 23.6 Å². The molecule has 108 valence electrons. The summed E-state index contributed by atoms with van der Waals surface area (Å²) < 4.78 is 26.5. The lowest BCUT2D eigenvalue weighted by molar-refractivity contribution is 0.579. The van der Waals surface area contributed by atoms with Crippen molar-refractivity contribution in [3.8, 4) is 0 Å². The topological polar surface area (TPSA) is 59.1 Å². The first-order valence-electron chi connectivity index (χ1n) is 6.42. The number of nitrogens with zero attached hydrogens (tertiary/aromatic N) is 1. The molecule has 4 nitrogen and oxygen atoms in total. The van der Waals surface area contributed by atoms with Crippen molar-refractivity contribution in [3.63, 3.8) is 0 Å². The third-order valence-electron chi connectivity index (χ3n) is 2.74. The molecule has 0 aliphatic carbocycles. The molecular formula is C14H18N2O2S2. The zero-order chi connectivity index (χ0) is 14.6. The Morgan fingerprint density at radius 1 is 1.25 bits per heavy atom. The number of thiazole rings is 1. The zero-order valence-corrected chi connectivity index (χ0v) is 13.2. The minimum atomic E-state index is -3.33. The van der Waals surface area contributed by atoms with E-state index >= 15 is 0 Å². The van der Waals surface area contributed by atoms with Gasteiger partial charge in [0.25, 0.3) is 0 Å². The van der Waals surface area contributed by atoms with Gasteiger partial charge in [0, 0.05) is 11.3 Å². The van der Waals surface area contributed by atoms with Gasteiger partial charge in [-0.15, -0.1) is 11.3 Å². The van der Waals surface area contributed by atoms with Crippen LogP contribution >= 0.6 is 11.3 Å². The standard InChI is InChI=1S/C14H18N2O2S2/c1-11(2)14-16-13(9-19-14)8-15-20(17,18)10-12-6-4-3-5-7-12/h3-7,9,11,15H,8,10H2,1-2H3. The Balaban J connectivity index is 1.95. The molecule has 0 bridgehead atoms. The van der Waals surface area contributed by atoms with Crippen molar-refractivity contribution in [2.75, 3.05) is 0 Å². The number of benzene rings is 1. The third kappa shape index (κ3) is 4.40. The molecule has 0 atom stereocenters. The second-order valence-electron chi connectivity index (χ2n) is 4.90. The Kier molecular flexibility index (Phi) is 4.91. The SMILES string of the molecule is CC(C)c1nc(CNS(=O)(=O)Cc2ccccc2)cs1. The average Bonchev–Trinajstić information content (AvgIpc) is 2.86. The molecule has 1 heterocycles. The number of hydrogen-bond acceptors (Lipinski definition) is 4. The van der Waals surface area contributed by atoms with Gasteiger partial charge in [-0.1, -0.05) is 44.2 Å². The summed E-state index contributed by atoms with van der Waals surface area (Å²) in [6, 6.07) is 9.14. The molecule has 0 aliphatic rings. The largest absolute Gasteiger partial charge is 0.245 e. The quantitative estimate of drug-likeness (QED) is 0.892. The van der Waals surface area contributed by atoms with Crippen LogP contribution in [-0.4, -0.2) is 13.4 Å². The van der Waals surface area contributed by atoms with Gasteiger partial charge in [-0.25, -0.2) is 18.1 Å². The van der Waals surface area contributed by atoms with E-state index in [1.54, 1.807) is 23.5 Å². The molecule has 0 fully saturated rings. The molecule has 1 N–H and O–H groups in total. The van der Waals surface area contributed by atoms with Gasteiger partial charge < -0.3 is 0 Å². The molecule has 0 saturated carbocycles. The summed E-state index contributed by atoms with van der Waals surface area (Å²) in [6.45, 7) is 4.39. The van der Waals surface area contributed by atoms with Gasteiger partial charge >= 0.3 is 0 Å². The minimum Gasteiger partial charge on any atom is -0.245 e. The number of nitrogens with one attached hydrogen (secondary N) is 1. The van der Waals surface area contributed by atoms with Crippen LogP contribution in [0, 0.1) is 0 Å². The van der Waals surface area contributed by atoms with Crippen LogP contribution in [0.2, 0.25) is 0 Å². The molecule has 0 amide bonds. The molecule has 0 unspecified atom stereocenters.